The number of nitrogens with one attached hydrogen (secondary N) is 1. The lowest BCUT2D eigenvalue weighted by Crippen LogP contribution is -2.49. The maximum atomic E-state index is 13.3. The van der Waals surface area contributed by atoms with Crippen LogP contribution in [-0.4, -0.2) is 43.1 Å². The van der Waals surface area contributed by atoms with Crippen molar-refractivity contribution < 1.29 is 18.6 Å². The molecule has 1 aliphatic carbocycles. The van der Waals surface area contributed by atoms with Crippen molar-refractivity contribution >= 4 is 10.9 Å². The summed E-state index contributed by atoms with van der Waals surface area (Å²) in [6.07, 6.45) is 9.37. The van der Waals surface area contributed by atoms with E-state index < -0.39 is 6.67 Å². The molecule has 198 valence electrons. The van der Waals surface area contributed by atoms with E-state index in [0.717, 1.165) is 67.3 Å². The standard InChI is InChI=1S/C30H38FN3O3/c1-30(18-37-19-30)14-28(34-20-36-17-22-4-10-29(35-2)33-16-22)24-7-5-23(6-8-24)25-11-12-32-27-9-3-21(15-31)13-26(25)27/h3-4,9-13,16,23-24,28,34H,5-8,14-15,17-20H2,1-2H3/t23?,24?,28-/m0/s1. The SMILES string of the molecule is COc1ccc(COCN[C@@H](CC2(C)COC2)C2CCC(c3ccnc4ccc(CF)cc34)CC2)cn1. The van der Waals surface area contributed by atoms with Gasteiger partial charge in [0.1, 0.15) is 6.67 Å². The lowest BCUT2D eigenvalue weighted by molar-refractivity contribution is -0.114. The number of benzene rings is 1. The summed E-state index contributed by atoms with van der Waals surface area (Å²) in [6.45, 7) is 4.57. The van der Waals surface area contributed by atoms with Gasteiger partial charge in [-0.2, -0.15) is 0 Å². The normalized spacial score (nSPS) is 21.9. The molecule has 1 N–H and O–H groups in total. The van der Waals surface area contributed by atoms with Crippen molar-refractivity contribution in [1.82, 2.24) is 15.3 Å². The molecule has 0 bridgehead atoms. The number of fused-ring (bicyclic) bond motifs is 1. The summed E-state index contributed by atoms with van der Waals surface area (Å²) in [6, 6.07) is 12.1. The minimum Gasteiger partial charge on any atom is -0.481 e. The first-order valence-electron chi connectivity index (χ1n) is 13.4. The van der Waals surface area contributed by atoms with Gasteiger partial charge in [0, 0.05) is 35.3 Å². The number of hydrogen-bond acceptors (Lipinski definition) is 6. The molecule has 2 aromatic heterocycles. The minimum absolute atomic E-state index is 0.235. The van der Waals surface area contributed by atoms with Gasteiger partial charge in [-0.15, -0.1) is 0 Å². The zero-order valence-electron chi connectivity index (χ0n) is 21.9. The van der Waals surface area contributed by atoms with Crippen LogP contribution in [0.3, 0.4) is 0 Å². The zero-order chi connectivity index (χ0) is 25.7. The van der Waals surface area contributed by atoms with Crippen LogP contribution in [0.5, 0.6) is 5.88 Å². The summed E-state index contributed by atoms with van der Waals surface area (Å²) in [5.74, 6) is 1.68. The van der Waals surface area contributed by atoms with Crippen LogP contribution in [0.1, 0.15) is 61.6 Å². The second-order valence-corrected chi connectivity index (χ2v) is 11.0. The number of aromatic nitrogens is 2. The lowest BCUT2D eigenvalue weighted by Gasteiger charge is -2.44. The number of ether oxygens (including phenoxy) is 3. The molecule has 37 heavy (non-hydrogen) atoms. The molecular weight excluding hydrogens is 469 g/mol. The van der Waals surface area contributed by atoms with Crippen LogP contribution >= 0.6 is 0 Å². The molecule has 5 rings (SSSR count). The molecule has 1 saturated carbocycles. The fraction of sp³-hybridized carbons (Fsp3) is 0.533. The molecule has 1 aliphatic heterocycles. The number of rotatable bonds is 11. The fourth-order valence-corrected chi connectivity index (χ4v) is 5.94. The van der Waals surface area contributed by atoms with Crippen molar-refractivity contribution in [2.75, 3.05) is 27.1 Å². The van der Waals surface area contributed by atoms with Gasteiger partial charge in [0.15, 0.2) is 0 Å². The third-order valence-corrected chi connectivity index (χ3v) is 8.11. The summed E-state index contributed by atoms with van der Waals surface area (Å²) < 4.78 is 30.0. The van der Waals surface area contributed by atoms with Gasteiger partial charge in [0.05, 0.1) is 39.2 Å². The van der Waals surface area contributed by atoms with Gasteiger partial charge in [-0.05, 0) is 84.9 Å². The molecule has 2 aliphatic rings. The second-order valence-electron chi connectivity index (χ2n) is 11.0. The van der Waals surface area contributed by atoms with E-state index in [2.05, 4.69) is 28.3 Å². The van der Waals surface area contributed by atoms with Gasteiger partial charge in [-0.3, -0.25) is 10.3 Å². The molecule has 0 radical (unpaired) electrons. The van der Waals surface area contributed by atoms with E-state index in [0.29, 0.717) is 37.1 Å². The molecule has 1 atom stereocenters. The molecule has 0 amide bonds. The van der Waals surface area contributed by atoms with E-state index in [-0.39, 0.29) is 5.41 Å². The number of hydrogen-bond donors (Lipinski definition) is 1. The van der Waals surface area contributed by atoms with Crippen molar-refractivity contribution in [3.8, 4) is 5.88 Å². The summed E-state index contributed by atoms with van der Waals surface area (Å²) in [7, 11) is 1.62. The maximum absolute atomic E-state index is 13.3. The van der Waals surface area contributed by atoms with Gasteiger partial charge < -0.3 is 14.2 Å². The van der Waals surface area contributed by atoms with Crippen molar-refractivity contribution in [3.63, 3.8) is 0 Å². The Morgan fingerprint density at radius 1 is 1.08 bits per heavy atom. The number of pyridine rings is 2. The van der Waals surface area contributed by atoms with Crippen LogP contribution < -0.4 is 10.1 Å². The van der Waals surface area contributed by atoms with Gasteiger partial charge in [-0.25, -0.2) is 9.37 Å². The van der Waals surface area contributed by atoms with E-state index in [1.165, 1.54) is 5.56 Å². The van der Waals surface area contributed by atoms with Gasteiger partial charge in [-0.1, -0.05) is 13.0 Å². The Bertz CT molecular complexity index is 1160. The maximum Gasteiger partial charge on any atom is 0.212 e. The fourth-order valence-electron chi connectivity index (χ4n) is 5.94. The predicted octanol–water partition coefficient (Wildman–Crippen LogP) is 5.94. The van der Waals surface area contributed by atoms with E-state index in [9.17, 15) is 4.39 Å². The zero-order valence-corrected chi connectivity index (χ0v) is 21.9. The van der Waals surface area contributed by atoms with E-state index >= 15 is 0 Å². The first-order chi connectivity index (χ1) is 18.1. The van der Waals surface area contributed by atoms with Crippen LogP contribution in [0.2, 0.25) is 0 Å². The number of nitrogens with zero attached hydrogens (tertiary/aromatic N) is 2. The predicted molar refractivity (Wildman–Crippen MR) is 142 cm³/mol. The molecule has 0 unspecified atom stereocenters. The average molecular weight is 508 g/mol. The molecule has 3 aromatic rings. The Morgan fingerprint density at radius 3 is 2.57 bits per heavy atom. The second kappa shape index (κ2) is 11.8. The van der Waals surface area contributed by atoms with Crippen LogP contribution in [-0.2, 0) is 22.8 Å². The Labute approximate surface area is 218 Å². The molecule has 3 heterocycles. The lowest BCUT2D eigenvalue weighted by atomic mass is 9.71. The van der Waals surface area contributed by atoms with E-state index in [1.54, 1.807) is 13.3 Å². The molecule has 1 saturated heterocycles. The van der Waals surface area contributed by atoms with Crippen LogP contribution in [0.25, 0.3) is 10.9 Å². The molecule has 0 spiro atoms. The Balaban J connectivity index is 1.20. The largest absolute Gasteiger partial charge is 0.481 e. The number of alkyl halides is 1. The number of halogens is 1. The summed E-state index contributed by atoms with van der Waals surface area (Å²) in [5.41, 5.74) is 4.26. The van der Waals surface area contributed by atoms with Crippen LogP contribution in [0.15, 0.2) is 48.8 Å². The topological polar surface area (TPSA) is 65.5 Å². The van der Waals surface area contributed by atoms with Crippen LogP contribution in [0.4, 0.5) is 4.39 Å². The highest BCUT2D eigenvalue weighted by Gasteiger charge is 2.39. The highest BCUT2D eigenvalue weighted by Crippen LogP contribution is 2.42. The number of methoxy groups -OCH3 is 1. The summed E-state index contributed by atoms with van der Waals surface area (Å²) in [4.78, 5) is 8.77. The Kier molecular flexibility index (Phi) is 8.33. The smallest absolute Gasteiger partial charge is 0.212 e. The highest BCUT2D eigenvalue weighted by molar-refractivity contribution is 5.83. The molecule has 6 nitrogen and oxygen atoms in total. The monoisotopic (exact) mass is 507 g/mol. The molecular formula is C30H38FN3O3. The van der Waals surface area contributed by atoms with E-state index in [4.69, 9.17) is 14.2 Å². The van der Waals surface area contributed by atoms with Crippen molar-refractivity contribution in [2.24, 2.45) is 11.3 Å². The average Bonchev–Trinajstić information content (AvgIpc) is 2.93. The summed E-state index contributed by atoms with van der Waals surface area (Å²) in [5, 5.41) is 4.84. The third-order valence-electron chi connectivity index (χ3n) is 8.11. The van der Waals surface area contributed by atoms with Crippen molar-refractivity contribution in [1.29, 1.82) is 0 Å². The van der Waals surface area contributed by atoms with Gasteiger partial charge in [0.25, 0.3) is 0 Å². The Hall–Kier alpha value is -2.61. The van der Waals surface area contributed by atoms with Gasteiger partial charge >= 0.3 is 0 Å². The minimum atomic E-state index is -0.441. The Morgan fingerprint density at radius 2 is 1.89 bits per heavy atom. The first-order valence-corrected chi connectivity index (χ1v) is 13.4. The van der Waals surface area contributed by atoms with Crippen LogP contribution in [0, 0.1) is 11.3 Å². The van der Waals surface area contributed by atoms with E-state index in [1.807, 2.05) is 36.5 Å². The summed E-state index contributed by atoms with van der Waals surface area (Å²) >= 11 is 0. The van der Waals surface area contributed by atoms with Crippen molar-refractivity contribution in [2.45, 2.75) is 64.3 Å². The molecule has 7 heteroatoms. The third kappa shape index (κ3) is 6.28. The molecule has 2 fully saturated rings. The van der Waals surface area contributed by atoms with Gasteiger partial charge in [0.2, 0.25) is 5.88 Å². The molecule has 1 aromatic carbocycles. The quantitative estimate of drug-likeness (QED) is 0.256. The van der Waals surface area contributed by atoms with Crippen molar-refractivity contribution in [3.05, 3.63) is 65.5 Å². The first kappa shape index (κ1) is 26.0. The highest BCUT2D eigenvalue weighted by atomic mass is 19.1.